The van der Waals surface area contributed by atoms with Crippen LogP contribution in [0.25, 0.3) is 0 Å². The van der Waals surface area contributed by atoms with Gasteiger partial charge in [0.25, 0.3) is 11.8 Å². The topological polar surface area (TPSA) is 82.6 Å². The first-order valence-electron chi connectivity index (χ1n) is 12.5. The van der Waals surface area contributed by atoms with E-state index in [0.29, 0.717) is 0 Å². The third kappa shape index (κ3) is 5.51. The van der Waals surface area contributed by atoms with Crippen LogP contribution in [0, 0.1) is 11.6 Å². The number of rotatable bonds is 7. The molecule has 2 fully saturated rings. The van der Waals surface area contributed by atoms with E-state index in [4.69, 9.17) is 11.6 Å². The maximum absolute atomic E-state index is 14.5. The Morgan fingerprint density at radius 1 is 1.05 bits per heavy atom. The summed E-state index contributed by atoms with van der Waals surface area (Å²) in [5.74, 6) is -6.25. The fourth-order valence-electron chi connectivity index (χ4n) is 5.04. The number of nitrogens with zero attached hydrogens (tertiary/aromatic N) is 3. The summed E-state index contributed by atoms with van der Waals surface area (Å²) in [6.07, 6.45) is -0.228. The lowest BCUT2D eigenvalue weighted by Gasteiger charge is -2.39. The first-order valence-corrected chi connectivity index (χ1v) is 12.9. The van der Waals surface area contributed by atoms with Gasteiger partial charge in [-0.15, -0.1) is 0 Å². The molecule has 1 aliphatic carbocycles. The number of carbonyl (C=O) groups excluding carboxylic acids is 3. The maximum atomic E-state index is 14.5. The van der Waals surface area contributed by atoms with E-state index in [1.807, 2.05) is 0 Å². The number of amides is 3. The highest BCUT2D eigenvalue weighted by molar-refractivity contribution is 6.31. The minimum absolute atomic E-state index is 0.0182. The van der Waals surface area contributed by atoms with Gasteiger partial charge in [-0.25, -0.2) is 22.5 Å². The molecule has 5 rings (SSSR count). The SMILES string of the molecule is O=C(NC1CC(F)(F)C1)C(c1ccccc1Cl)N(C(=O)C1CCC(=O)N1c1ccc(F)cn1)c1cccc(F)c1. The van der Waals surface area contributed by atoms with E-state index >= 15 is 0 Å². The summed E-state index contributed by atoms with van der Waals surface area (Å²) in [6.45, 7) is 0. The molecule has 1 N–H and O–H groups in total. The Morgan fingerprint density at radius 2 is 1.80 bits per heavy atom. The van der Waals surface area contributed by atoms with Crippen molar-refractivity contribution >= 4 is 40.8 Å². The normalized spacial score (nSPS) is 19.2. The number of nitrogens with one attached hydrogen (secondary N) is 1. The number of hydrogen-bond acceptors (Lipinski definition) is 4. The van der Waals surface area contributed by atoms with Crippen LogP contribution in [0.2, 0.25) is 5.02 Å². The van der Waals surface area contributed by atoms with Crippen molar-refractivity contribution in [3.8, 4) is 0 Å². The van der Waals surface area contributed by atoms with Gasteiger partial charge >= 0.3 is 0 Å². The molecule has 1 saturated carbocycles. The highest BCUT2D eigenvalue weighted by atomic mass is 35.5. The van der Waals surface area contributed by atoms with E-state index in [9.17, 15) is 31.9 Å². The third-order valence-corrected chi connectivity index (χ3v) is 7.27. The summed E-state index contributed by atoms with van der Waals surface area (Å²) >= 11 is 6.46. The first kappa shape index (κ1) is 27.6. The van der Waals surface area contributed by atoms with E-state index in [0.717, 1.165) is 34.2 Å². The van der Waals surface area contributed by atoms with Gasteiger partial charge in [-0.05, 0) is 42.8 Å². The summed E-state index contributed by atoms with van der Waals surface area (Å²) in [6, 6.07) is 9.96. The standard InChI is InChI=1S/C28H23ClF4N4O3/c29-21-7-2-1-6-20(21)25(26(39)35-18-13-28(32,33)14-18)36(19-5-3-4-16(30)12-19)27(40)22-9-11-24(38)37(22)23-10-8-17(31)15-34-23/h1-8,10,12,15,18,22,25H,9,11,13-14H2,(H,35,39). The Labute approximate surface area is 231 Å². The van der Waals surface area contributed by atoms with Gasteiger partial charge in [0, 0.05) is 41.6 Å². The number of aromatic nitrogens is 1. The summed E-state index contributed by atoms with van der Waals surface area (Å²) in [5, 5.41) is 2.67. The van der Waals surface area contributed by atoms with Crippen molar-refractivity contribution in [1.82, 2.24) is 10.3 Å². The van der Waals surface area contributed by atoms with Gasteiger partial charge in [0.05, 0.1) is 6.20 Å². The molecule has 208 valence electrons. The summed E-state index contributed by atoms with van der Waals surface area (Å²) in [4.78, 5) is 47.0. The fourth-order valence-corrected chi connectivity index (χ4v) is 5.28. The molecule has 12 heteroatoms. The zero-order valence-electron chi connectivity index (χ0n) is 20.9. The van der Waals surface area contributed by atoms with Crippen molar-refractivity contribution in [2.75, 3.05) is 9.80 Å². The van der Waals surface area contributed by atoms with Crippen molar-refractivity contribution in [2.45, 2.75) is 49.7 Å². The van der Waals surface area contributed by atoms with Crippen LogP contribution in [0.15, 0.2) is 66.9 Å². The Bertz CT molecular complexity index is 1450. The predicted molar refractivity (Wildman–Crippen MR) is 139 cm³/mol. The van der Waals surface area contributed by atoms with Gasteiger partial charge < -0.3 is 5.32 Å². The van der Waals surface area contributed by atoms with Crippen LogP contribution in [0.5, 0.6) is 0 Å². The summed E-state index contributed by atoms with van der Waals surface area (Å²) in [5.41, 5.74) is 0.150. The molecule has 1 aliphatic heterocycles. The van der Waals surface area contributed by atoms with Crippen LogP contribution >= 0.6 is 11.6 Å². The number of alkyl halides is 2. The van der Waals surface area contributed by atoms with Crippen molar-refractivity contribution < 1.29 is 31.9 Å². The van der Waals surface area contributed by atoms with Crippen molar-refractivity contribution in [1.29, 1.82) is 0 Å². The van der Waals surface area contributed by atoms with Gasteiger partial charge in [0.2, 0.25) is 11.8 Å². The Hall–Kier alpha value is -3.99. The average molecular weight is 575 g/mol. The highest BCUT2D eigenvalue weighted by Crippen LogP contribution is 2.39. The number of pyridine rings is 1. The van der Waals surface area contributed by atoms with E-state index in [-0.39, 0.29) is 34.9 Å². The molecule has 1 aromatic heterocycles. The molecule has 7 nitrogen and oxygen atoms in total. The molecule has 0 bridgehead atoms. The largest absolute Gasteiger partial charge is 0.351 e. The van der Waals surface area contributed by atoms with Gasteiger partial charge in [-0.3, -0.25) is 24.2 Å². The van der Waals surface area contributed by atoms with E-state index < -0.39 is 66.2 Å². The zero-order chi connectivity index (χ0) is 28.6. The number of hydrogen-bond donors (Lipinski definition) is 1. The number of benzene rings is 2. The van der Waals surface area contributed by atoms with Crippen LogP contribution in [-0.4, -0.2) is 40.7 Å². The quantitative estimate of drug-likeness (QED) is 0.394. The molecule has 2 unspecified atom stereocenters. The van der Waals surface area contributed by atoms with Crippen LogP contribution in [0.4, 0.5) is 29.1 Å². The van der Waals surface area contributed by atoms with Crippen molar-refractivity contribution in [3.63, 3.8) is 0 Å². The van der Waals surface area contributed by atoms with E-state index in [1.165, 1.54) is 30.3 Å². The van der Waals surface area contributed by atoms with Crippen LogP contribution in [-0.2, 0) is 14.4 Å². The lowest BCUT2D eigenvalue weighted by molar-refractivity contribution is -0.133. The average Bonchev–Trinajstić information content (AvgIpc) is 3.28. The van der Waals surface area contributed by atoms with Gasteiger partial charge in [-0.2, -0.15) is 0 Å². The molecule has 3 aromatic rings. The lowest BCUT2D eigenvalue weighted by atomic mass is 9.87. The molecular formula is C28H23ClF4N4O3. The molecule has 2 atom stereocenters. The minimum atomic E-state index is -2.91. The second-order valence-corrected chi connectivity index (χ2v) is 10.1. The second-order valence-electron chi connectivity index (χ2n) is 9.73. The molecular weight excluding hydrogens is 552 g/mol. The lowest BCUT2D eigenvalue weighted by Crippen LogP contribution is -2.56. The van der Waals surface area contributed by atoms with Gasteiger partial charge in [-0.1, -0.05) is 35.9 Å². The Kier molecular flexibility index (Phi) is 7.50. The van der Waals surface area contributed by atoms with Crippen LogP contribution < -0.4 is 15.1 Å². The number of anilines is 2. The van der Waals surface area contributed by atoms with E-state index in [1.54, 1.807) is 12.1 Å². The van der Waals surface area contributed by atoms with E-state index in [2.05, 4.69) is 10.3 Å². The highest BCUT2D eigenvalue weighted by Gasteiger charge is 2.48. The third-order valence-electron chi connectivity index (χ3n) is 6.92. The second kappa shape index (κ2) is 10.9. The number of halogens is 5. The van der Waals surface area contributed by atoms with Gasteiger partial charge in [0.1, 0.15) is 29.5 Å². The minimum Gasteiger partial charge on any atom is -0.351 e. The number of carbonyl (C=O) groups is 3. The Morgan fingerprint density at radius 3 is 2.45 bits per heavy atom. The Balaban J connectivity index is 1.60. The summed E-state index contributed by atoms with van der Waals surface area (Å²) < 4.78 is 55.1. The van der Waals surface area contributed by atoms with Gasteiger partial charge in [0.15, 0.2) is 0 Å². The molecule has 2 heterocycles. The molecule has 40 heavy (non-hydrogen) atoms. The van der Waals surface area contributed by atoms with Crippen molar-refractivity contribution in [2.24, 2.45) is 0 Å². The monoisotopic (exact) mass is 574 g/mol. The molecule has 2 aliphatic rings. The molecule has 0 spiro atoms. The smallest absolute Gasteiger partial charge is 0.252 e. The molecule has 2 aromatic carbocycles. The predicted octanol–water partition coefficient (Wildman–Crippen LogP) is 5.20. The fraction of sp³-hybridized carbons (Fsp3) is 0.286. The van der Waals surface area contributed by atoms with Crippen LogP contribution in [0.1, 0.15) is 37.3 Å². The first-order chi connectivity index (χ1) is 19.0. The molecule has 3 amide bonds. The van der Waals surface area contributed by atoms with Crippen LogP contribution in [0.3, 0.4) is 0 Å². The molecule has 1 saturated heterocycles. The zero-order valence-corrected chi connectivity index (χ0v) is 21.6. The summed E-state index contributed by atoms with van der Waals surface area (Å²) in [7, 11) is 0. The van der Waals surface area contributed by atoms with Crippen molar-refractivity contribution in [3.05, 3.63) is 89.1 Å². The maximum Gasteiger partial charge on any atom is 0.252 e. The molecule has 0 radical (unpaired) electrons.